The summed E-state index contributed by atoms with van der Waals surface area (Å²) in [6.45, 7) is 5.49. The zero-order chi connectivity index (χ0) is 17.8. The van der Waals surface area contributed by atoms with Crippen LogP contribution in [0.1, 0.15) is 4.88 Å². The minimum absolute atomic E-state index is 0.0119. The largest absolute Gasteiger partial charge is 0.395 e. The van der Waals surface area contributed by atoms with Gasteiger partial charge < -0.3 is 24.9 Å². The predicted octanol–water partition coefficient (Wildman–Crippen LogP) is 0.0691. The third kappa shape index (κ3) is 3.83. The van der Waals surface area contributed by atoms with Crippen molar-refractivity contribution < 1.29 is 15.0 Å². The van der Waals surface area contributed by atoms with Crippen LogP contribution in [0, 0.1) is 6.92 Å². The van der Waals surface area contributed by atoms with E-state index >= 15 is 0 Å². The van der Waals surface area contributed by atoms with Gasteiger partial charge in [0.25, 0.3) is 0 Å². The molecule has 0 radical (unpaired) electrons. The van der Waals surface area contributed by atoms with Crippen molar-refractivity contribution in [2.24, 2.45) is 0 Å². The Labute approximate surface area is 150 Å². The second-order valence-corrected chi connectivity index (χ2v) is 7.22. The van der Waals surface area contributed by atoms with Gasteiger partial charge in [0.15, 0.2) is 0 Å². The molecule has 1 amide bonds. The van der Waals surface area contributed by atoms with E-state index in [4.69, 9.17) is 9.97 Å². The van der Waals surface area contributed by atoms with Crippen molar-refractivity contribution in [2.75, 3.05) is 62.3 Å². The number of aryl methyl sites for hydroxylation is 1. The van der Waals surface area contributed by atoms with E-state index in [-0.39, 0.29) is 13.2 Å². The van der Waals surface area contributed by atoms with Gasteiger partial charge in [0.2, 0.25) is 12.4 Å². The Morgan fingerprint density at radius 1 is 1.20 bits per heavy atom. The van der Waals surface area contributed by atoms with E-state index in [1.165, 1.54) is 0 Å². The third-order valence-corrected chi connectivity index (χ3v) is 5.21. The second kappa shape index (κ2) is 7.94. The van der Waals surface area contributed by atoms with Crippen molar-refractivity contribution in [3.8, 4) is 0 Å². The van der Waals surface area contributed by atoms with Crippen LogP contribution in [0.15, 0.2) is 6.07 Å². The highest BCUT2D eigenvalue weighted by atomic mass is 32.1. The van der Waals surface area contributed by atoms with Crippen molar-refractivity contribution in [1.82, 2.24) is 14.9 Å². The molecule has 8 nitrogen and oxygen atoms in total. The van der Waals surface area contributed by atoms with Crippen molar-refractivity contribution in [1.29, 1.82) is 0 Å². The van der Waals surface area contributed by atoms with Gasteiger partial charge in [0.1, 0.15) is 10.6 Å². The highest BCUT2D eigenvalue weighted by Gasteiger charge is 2.22. The molecule has 3 rings (SSSR count). The Kier molecular flexibility index (Phi) is 5.67. The van der Waals surface area contributed by atoms with Crippen LogP contribution < -0.4 is 9.80 Å². The van der Waals surface area contributed by atoms with Crippen LogP contribution in [-0.2, 0) is 4.79 Å². The average Bonchev–Trinajstić information content (AvgIpc) is 3.01. The van der Waals surface area contributed by atoms with Crippen LogP contribution >= 0.6 is 11.3 Å². The van der Waals surface area contributed by atoms with E-state index in [9.17, 15) is 15.0 Å². The maximum absolute atomic E-state index is 10.9. The van der Waals surface area contributed by atoms with Crippen LogP contribution in [0.5, 0.6) is 0 Å². The first-order chi connectivity index (χ1) is 12.2. The van der Waals surface area contributed by atoms with E-state index in [2.05, 4.69) is 4.90 Å². The quantitative estimate of drug-likeness (QED) is 0.671. The molecule has 3 heterocycles. The number of aliphatic hydroxyl groups excluding tert-OH is 2. The van der Waals surface area contributed by atoms with Crippen LogP contribution in [0.4, 0.5) is 11.8 Å². The predicted molar refractivity (Wildman–Crippen MR) is 98.4 cm³/mol. The highest BCUT2D eigenvalue weighted by Crippen LogP contribution is 2.32. The lowest BCUT2D eigenvalue weighted by atomic mass is 10.3. The summed E-state index contributed by atoms with van der Waals surface area (Å²) in [6.07, 6.45) is 0.875. The van der Waals surface area contributed by atoms with Crippen molar-refractivity contribution in [3.63, 3.8) is 0 Å². The topological polar surface area (TPSA) is 93.0 Å². The van der Waals surface area contributed by atoms with Crippen molar-refractivity contribution >= 4 is 39.7 Å². The van der Waals surface area contributed by atoms with Crippen LogP contribution in [-0.4, -0.2) is 84.0 Å². The first-order valence-corrected chi connectivity index (χ1v) is 9.17. The second-order valence-electron chi connectivity index (χ2n) is 5.99. The SMILES string of the molecule is Cc1cc2c(N(CCO)CCO)nc(N3CCN(C=O)CC3)nc2s1. The summed E-state index contributed by atoms with van der Waals surface area (Å²) >= 11 is 1.61. The van der Waals surface area contributed by atoms with Gasteiger partial charge in [-0.15, -0.1) is 11.3 Å². The maximum Gasteiger partial charge on any atom is 0.228 e. The molecule has 1 saturated heterocycles. The smallest absolute Gasteiger partial charge is 0.228 e. The number of aromatic nitrogens is 2. The monoisotopic (exact) mass is 365 g/mol. The van der Waals surface area contributed by atoms with Gasteiger partial charge in [-0.25, -0.2) is 4.98 Å². The number of amides is 1. The van der Waals surface area contributed by atoms with Gasteiger partial charge in [0.05, 0.1) is 18.6 Å². The van der Waals surface area contributed by atoms with Gasteiger partial charge >= 0.3 is 0 Å². The van der Waals surface area contributed by atoms with E-state index in [0.29, 0.717) is 45.2 Å². The van der Waals surface area contributed by atoms with Gasteiger partial charge in [-0.3, -0.25) is 4.79 Å². The molecule has 136 valence electrons. The Morgan fingerprint density at radius 3 is 2.48 bits per heavy atom. The standard InChI is InChI=1S/C16H23N5O3S/c1-12-10-13-14(20(6-8-22)7-9-23)17-16(18-15(13)25-12)21-4-2-19(11-24)3-5-21/h10-11,22-23H,2-9H2,1H3. The fraction of sp³-hybridized carbons (Fsp3) is 0.562. The lowest BCUT2D eigenvalue weighted by Gasteiger charge is -2.33. The van der Waals surface area contributed by atoms with Crippen LogP contribution in [0.3, 0.4) is 0 Å². The summed E-state index contributed by atoms with van der Waals surface area (Å²) in [4.78, 5) is 28.1. The summed E-state index contributed by atoms with van der Waals surface area (Å²) in [5.74, 6) is 1.38. The van der Waals surface area contributed by atoms with Gasteiger partial charge in [-0.05, 0) is 13.0 Å². The lowest BCUT2D eigenvalue weighted by Crippen LogP contribution is -2.46. The molecule has 0 bridgehead atoms. The van der Waals surface area contributed by atoms with Gasteiger partial charge in [-0.2, -0.15) is 4.98 Å². The van der Waals surface area contributed by atoms with E-state index in [1.54, 1.807) is 16.2 Å². The zero-order valence-corrected chi connectivity index (χ0v) is 15.1. The molecule has 2 aromatic rings. The molecule has 0 saturated carbocycles. The molecule has 0 aromatic carbocycles. The molecule has 2 N–H and O–H groups in total. The van der Waals surface area contributed by atoms with Crippen molar-refractivity contribution in [3.05, 3.63) is 10.9 Å². The number of fused-ring (bicyclic) bond motifs is 1. The highest BCUT2D eigenvalue weighted by molar-refractivity contribution is 7.18. The fourth-order valence-corrected chi connectivity index (χ4v) is 3.86. The molecule has 1 aliphatic rings. The minimum atomic E-state index is -0.0119. The summed E-state index contributed by atoms with van der Waals surface area (Å²) in [5, 5.41) is 19.7. The van der Waals surface area contributed by atoms with Crippen LogP contribution in [0.25, 0.3) is 10.2 Å². The molecule has 0 unspecified atom stereocenters. The molecule has 25 heavy (non-hydrogen) atoms. The minimum Gasteiger partial charge on any atom is -0.395 e. The number of rotatable bonds is 7. The number of anilines is 2. The van der Waals surface area contributed by atoms with E-state index < -0.39 is 0 Å². The number of aliphatic hydroxyl groups is 2. The Hall–Kier alpha value is -1.97. The molecule has 9 heteroatoms. The normalized spacial score (nSPS) is 15.0. The number of piperazine rings is 1. The Morgan fingerprint density at radius 2 is 1.88 bits per heavy atom. The van der Waals surface area contributed by atoms with E-state index in [1.807, 2.05) is 17.9 Å². The van der Waals surface area contributed by atoms with Crippen LogP contribution in [0.2, 0.25) is 0 Å². The number of carbonyl (C=O) groups is 1. The number of carbonyl (C=O) groups excluding carboxylic acids is 1. The first kappa shape index (κ1) is 17.8. The summed E-state index contributed by atoms with van der Waals surface area (Å²) in [6, 6.07) is 2.05. The molecule has 2 aromatic heterocycles. The number of nitrogens with zero attached hydrogens (tertiary/aromatic N) is 5. The molecular weight excluding hydrogens is 342 g/mol. The molecule has 1 fully saturated rings. The van der Waals surface area contributed by atoms with Crippen molar-refractivity contribution in [2.45, 2.75) is 6.92 Å². The lowest BCUT2D eigenvalue weighted by molar-refractivity contribution is -0.118. The number of hydrogen-bond donors (Lipinski definition) is 2. The Balaban J connectivity index is 1.98. The number of thiophene rings is 1. The van der Waals surface area contributed by atoms with E-state index in [0.717, 1.165) is 27.3 Å². The van der Waals surface area contributed by atoms with Gasteiger partial charge in [0, 0.05) is 44.1 Å². The molecular formula is C16H23N5O3S. The summed E-state index contributed by atoms with van der Waals surface area (Å²) < 4.78 is 0. The summed E-state index contributed by atoms with van der Waals surface area (Å²) in [5.41, 5.74) is 0. The maximum atomic E-state index is 10.9. The Bertz CT molecular complexity index is 724. The average molecular weight is 365 g/mol. The van der Waals surface area contributed by atoms with Gasteiger partial charge in [-0.1, -0.05) is 0 Å². The summed E-state index contributed by atoms with van der Waals surface area (Å²) in [7, 11) is 0. The molecule has 0 atom stereocenters. The molecule has 1 aliphatic heterocycles. The zero-order valence-electron chi connectivity index (χ0n) is 14.3. The molecule has 0 spiro atoms. The first-order valence-electron chi connectivity index (χ1n) is 8.35. The third-order valence-electron chi connectivity index (χ3n) is 4.27. The fourth-order valence-electron chi connectivity index (χ4n) is 2.99. The molecule has 0 aliphatic carbocycles. The number of hydrogen-bond acceptors (Lipinski definition) is 8.